The second-order valence-electron chi connectivity index (χ2n) is 4.44. The Hall–Kier alpha value is -1.62. The summed E-state index contributed by atoms with van der Waals surface area (Å²) in [6.45, 7) is 4.47. The van der Waals surface area contributed by atoms with Gasteiger partial charge in [0.1, 0.15) is 0 Å². The van der Waals surface area contributed by atoms with Crippen LogP contribution in [0.1, 0.15) is 32.4 Å². The van der Waals surface area contributed by atoms with Gasteiger partial charge in [-0.15, -0.1) is 0 Å². The smallest absolute Gasteiger partial charge is 0.246 e. The number of carbonyl (C=O) groups is 1. The molecule has 0 saturated heterocycles. The molecule has 5 nitrogen and oxygen atoms in total. The van der Waals surface area contributed by atoms with Crippen LogP contribution in [0.5, 0.6) is 0 Å². The van der Waals surface area contributed by atoms with Crippen molar-refractivity contribution in [2.75, 3.05) is 13.2 Å². The lowest BCUT2D eigenvalue weighted by molar-refractivity contribution is -0.128. The lowest BCUT2D eigenvalue weighted by Gasteiger charge is -2.28. The lowest BCUT2D eigenvalue weighted by atomic mass is 10.1. The van der Waals surface area contributed by atoms with Crippen molar-refractivity contribution in [3.8, 4) is 0 Å². The van der Waals surface area contributed by atoms with Crippen molar-refractivity contribution >= 4 is 12.0 Å². The van der Waals surface area contributed by atoms with Gasteiger partial charge in [0, 0.05) is 31.9 Å². The third kappa shape index (κ3) is 4.21. The number of hydrogen-bond donors (Lipinski definition) is 1. The summed E-state index contributed by atoms with van der Waals surface area (Å²) in [5.74, 6) is -0.0658. The van der Waals surface area contributed by atoms with Gasteiger partial charge in [-0.3, -0.25) is 9.48 Å². The number of aliphatic hydroxyl groups excluding tert-OH is 1. The largest absolute Gasteiger partial charge is 0.395 e. The maximum Gasteiger partial charge on any atom is 0.246 e. The summed E-state index contributed by atoms with van der Waals surface area (Å²) in [7, 11) is 1.83. The minimum absolute atomic E-state index is 0.0121. The Morgan fingerprint density at radius 1 is 1.53 bits per heavy atom. The summed E-state index contributed by atoms with van der Waals surface area (Å²) in [4.78, 5) is 13.9. The summed E-state index contributed by atoms with van der Waals surface area (Å²) >= 11 is 0. The topological polar surface area (TPSA) is 58.4 Å². The van der Waals surface area contributed by atoms with Gasteiger partial charge in [0.15, 0.2) is 0 Å². The SMILES string of the molecule is CCC(CC)N(CCO)C(=O)C=Cc1ccnn1C. The highest BCUT2D eigenvalue weighted by Gasteiger charge is 2.18. The summed E-state index contributed by atoms with van der Waals surface area (Å²) in [6.07, 6.45) is 6.77. The molecular weight excluding hydrogens is 242 g/mol. The van der Waals surface area contributed by atoms with Crippen LogP contribution in [0.25, 0.3) is 6.08 Å². The number of aryl methyl sites for hydroxylation is 1. The van der Waals surface area contributed by atoms with Gasteiger partial charge in [-0.25, -0.2) is 0 Å². The Kier molecular flexibility index (Phi) is 6.29. The van der Waals surface area contributed by atoms with Gasteiger partial charge in [0.2, 0.25) is 5.91 Å². The highest BCUT2D eigenvalue weighted by molar-refractivity contribution is 5.91. The van der Waals surface area contributed by atoms with Gasteiger partial charge in [-0.1, -0.05) is 13.8 Å². The van der Waals surface area contributed by atoms with Gasteiger partial charge in [-0.2, -0.15) is 5.10 Å². The molecule has 1 aromatic heterocycles. The summed E-state index contributed by atoms with van der Waals surface area (Å²) in [5, 5.41) is 13.1. The molecule has 1 aromatic rings. The Morgan fingerprint density at radius 2 is 2.21 bits per heavy atom. The van der Waals surface area contributed by atoms with Crippen LogP contribution < -0.4 is 0 Å². The van der Waals surface area contributed by atoms with E-state index in [2.05, 4.69) is 18.9 Å². The van der Waals surface area contributed by atoms with Crippen molar-refractivity contribution in [1.29, 1.82) is 0 Å². The van der Waals surface area contributed by atoms with E-state index < -0.39 is 0 Å². The standard InChI is InChI=1S/C14H23N3O2/c1-4-12(5-2)17(10-11-18)14(19)7-6-13-8-9-15-16(13)3/h6-9,12,18H,4-5,10-11H2,1-3H3. The first-order chi connectivity index (χ1) is 9.13. The molecule has 19 heavy (non-hydrogen) atoms. The molecule has 0 aliphatic heterocycles. The number of carbonyl (C=O) groups excluding carboxylic acids is 1. The Bertz CT molecular complexity index is 422. The zero-order chi connectivity index (χ0) is 14.3. The van der Waals surface area contributed by atoms with E-state index in [0.29, 0.717) is 6.54 Å². The van der Waals surface area contributed by atoms with Crippen molar-refractivity contribution in [3.05, 3.63) is 24.0 Å². The molecule has 1 amide bonds. The predicted octanol–water partition coefficient (Wildman–Crippen LogP) is 1.44. The van der Waals surface area contributed by atoms with Crippen molar-refractivity contribution in [1.82, 2.24) is 14.7 Å². The Morgan fingerprint density at radius 3 is 2.68 bits per heavy atom. The van der Waals surface area contributed by atoms with Crippen LogP contribution in [-0.2, 0) is 11.8 Å². The highest BCUT2D eigenvalue weighted by atomic mass is 16.3. The summed E-state index contributed by atoms with van der Waals surface area (Å²) in [6, 6.07) is 2.02. The second-order valence-corrected chi connectivity index (χ2v) is 4.44. The highest BCUT2D eigenvalue weighted by Crippen LogP contribution is 2.10. The van der Waals surface area contributed by atoms with Crippen LogP contribution in [0.2, 0.25) is 0 Å². The molecule has 0 aliphatic carbocycles. The average Bonchev–Trinajstić information content (AvgIpc) is 2.82. The molecule has 5 heteroatoms. The molecule has 1 heterocycles. The van der Waals surface area contributed by atoms with Crippen molar-refractivity contribution in [2.45, 2.75) is 32.7 Å². The fourth-order valence-corrected chi connectivity index (χ4v) is 2.11. The first-order valence-electron chi connectivity index (χ1n) is 6.71. The zero-order valence-electron chi connectivity index (χ0n) is 11.9. The number of aliphatic hydroxyl groups is 1. The molecule has 0 aliphatic rings. The number of nitrogens with zero attached hydrogens (tertiary/aromatic N) is 3. The van der Waals surface area contributed by atoms with Gasteiger partial charge >= 0.3 is 0 Å². The average molecular weight is 265 g/mol. The molecule has 0 atom stereocenters. The van der Waals surface area contributed by atoms with Crippen molar-refractivity contribution < 1.29 is 9.90 Å². The van der Waals surface area contributed by atoms with E-state index in [0.717, 1.165) is 18.5 Å². The minimum atomic E-state index is -0.0658. The molecule has 0 saturated carbocycles. The van der Waals surface area contributed by atoms with E-state index >= 15 is 0 Å². The Labute approximate surface area is 114 Å². The number of amides is 1. The molecule has 0 radical (unpaired) electrons. The monoisotopic (exact) mass is 265 g/mol. The quantitative estimate of drug-likeness (QED) is 0.759. The molecule has 0 aromatic carbocycles. The zero-order valence-corrected chi connectivity index (χ0v) is 11.9. The maximum absolute atomic E-state index is 12.2. The fourth-order valence-electron chi connectivity index (χ4n) is 2.11. The van der Waals surface area contributed by atoms with Gasteiger partial charge in [0.25, 0.3) is 0 Å². The normalized spacial score (nSPS) is 11.4. The van der Waals surface area contributed by atoms with Crippen LogP contribution in [-0.4, -0.2) is 44.9 Å². The molecular formula is C14H23N3O2. The van der Waals surface area contributed by atoms with Crippen LogP contribution in [0.3, 0.4) is 0 Å². The first-order valence-corrected chi connectivity index (χ1v) is 6.71. The second kappa shape index (κ2) is 7.74. The molecule has 0 unspecified atom stereocenters. The summed E-state index contributed by atoms with van der Waals surface area (Å²) < 4.78 is 1.71. The van der Waals surface area contributed by atoms with E-state index in [-0.39, 0.29) is 18.6 Å². The third-order valence-corrected chi connectivity index (χ3v) is 3.26. The minimum Gasteiger partial charge on any atom is -0.395 e. The predicted molar refractivity (Wildman–Crippen MR) is 75.4 cm³/mol. The van der Waals surface area contributed by atoms with Crippen LogP contribution in [0, 0.1) is 0 Å². The number of hydrogen-bond acceptors (Lipinski definition) is 3. The fraction of sp³-hybridized carbons (Fsp3) is 0.571. The van der Waals surface area contributed by atoms with Crippen molar-refractivity contribution in [2.24, 2.45) is 7.05 Å². The van der Waals surface area contributed by atoms with Crippen molar-refractivity contribution in [3.63, 3.8) is 0 Å². The van der Waals surface area contributed by atoms with Gasteiger partial charge in [0.05, 0.1) is 12.3 Å². The van der Waals surface area contributed by atoms with Crippen LogP contribution in [0.15, 0.2) is 18.3 Å². The molecule has 1 N–H and O–H groups in total. The first kappa shape index (κ1) is 15.4. The van der Waals surface area contributed by atoms with Crippen LogP contribution in [0.4, 0.5) is 0 Å². The number of aromatic nitrogens is 2. The van der Waals surface area contributed by atoms with E-state index in [1.165, 1.54) is 0 Å². The van der Waals surface area contributed by atoms with E-state index in [9.17, 15) is 4.79 Å². The van der Waals surface area contributed by atoms with E-state index in [1.54, 1.807) is 27.9 Å². The maximum atomic E-state index is 12.2. The lowest BCUT2D eigenvalue weighted by Crippen LogP contribution is -2.40. The molecule has 0 fully saturated rings. The van der Waals surface area contributed by atoms with Gasteiger partial charge in [-0.05, 0) is 25.0 Å². The third-order valence-electron chi connectivity index (χ3n) is 3.26. The van der Waals surface area contributed by atoms with E-state index in [1.807, 2.05) is 13.1 Å². The van der Waals surface area contributed by atoms with Gasteiger partial charge < -0.3 is 10.0 Å². The number of rotatable bonds is 7. The molecule has 0 bridgehead atoms. The summed E-state index contributed by atoms with van der Waals surface area (Å²) in [5.41, 5.74) is 0.877. The molecule has 1 rings (SSSR count). The molecule has 106 valence electrons. The molecule has 0 spiro atoms. The van der Waals surface area contributed by atoms with Crippen LogP contribution >= 0.6 is 0 Å². The Balaban J connectivity index is 2.77. The van der Waals surface area contributed by atoms with E-state index in [4.69, 9.17) is 5.11 Å².